The quantitative estimate of drug-likeness (QED) is 0.256. The molecular formula is C7H16N4OS. The number of nitrogens with one attached hydrogen (secondary N) is 1. The summed E-state index contributed by atoms with van der Waals surface area (Å²) in [6, 6.07) is 0. The van der Waals surface area contributed by atoms with E-state index >= 15 is 0 Å². The van der Waals surface area contributed by atoms with Crippen molar-refractivity contribution in [1.82, 2.24) is 5.32 Å². The molecule has 0 radical (unpaired) electrons. The molecule has 0 aromatic carbocycles. The predicted molar refractivity (Wildman–Crippen MR) is 56.2 cm³/mol. The molecule has 0 saturated heterocycles. The number of thioether (sulfide) groups is 1. The molecule has 0 aliphatic rings. The Hall–Kier alpha value is -0.910. The summed E-state index contributed by atoms with van der Waals surface area (Å²) in [5.74, 6) is 4.89. The van der Waals surface area contributed by atoms with Crippen LogP contribution < -0.4 is 16.9 Å². The van der Waals surface area contributed by atoms with Gasteiger partial charge in [-0.25, -0.2) is 0 Å². The van der Waals surface area contributed by atoms with E-state index in [-0.39, 0.29) is 16.3 Å². The Labute approximate surface area is 82.3 Å². The van der Waals surface area contributed by atoms with Crippen LogP contribution in [0.25, 0.3) is 0 Å². The lowest BCUT2D eigenvalue weighted by Gasteiger charge is -2.09. The minimum Gasteiger partial charge on any atom is -0.377 e. The molecule has 0 aliphatic carbocycles. The van der Waals surface area contributed by atoms with Crippen LogP contribution in [-0.2, 0) is 4.79 Å². The highest BCUT2D eigenvalue weighted by atomic mass is 32.2. The summed E-state index contributed by atoms with van der Waals surface area (Å²) in [5.41, 5.74) is 5.35. The molecule has 1 atom stereocenters. The summed E-state index contributed by atoms with van der Waals surface area (Å²) in [6.45, 7) is 4.44. The number of hydrogen-bond acceptors (Lipinski definition) is 4. The molecule has 0 aromatic rings. The number of hydrogen-bond donors (Lipinski definition) is 3. The van der Waals surface area contributed by atoms with Crippen LogP contribution in [0.2, 0.25) is 0 Å². The van der Waals surface area contributed by atoms with E-state index in [4.69, 9.17) is 11.6 Å². The lowest BCUT2D eigenvalue weighted by molar-refractivity contribution is -0.120. The van der Waals surface area contributed by atoms with E-state index in [9.17, 15) is 4.79 Å². The number of nitrogens with two attached hydrogens (primary N) is 2. The summed E-state index contributed by atoms with van der Waals surface area (Å²) in [4.78, 5) is 11.3. The summed E-state index contributed by atoms with van der Waals surface area (Å²) in [7, 11) is 0. The maximum absolute atomic E-state index is 11.3. The van der Waals surface area contributed by atoms with E-state index in [1.807, 2.05) is 6.92 Å². The molecule has 0 aliphatic heterocycles. The maximum atomic E-state index is 11.3. The molecule has 5 nitrogen and oxygen atoms in total. The van der Waals surface area contributed by atoms with E-state index in [0.29, 0.717) is 6.54 Å². The Kier molecular flexibility index (Phi) is 6.13. The third-order valence-corrected chi connectivity index (χ3v) is 2.26. The highest BCUT2D eigenvalue weighted by molar-refractivity contribution is 8.14. The van der Waals surface area contributed by atoms with Crippen LogP contribution in [0, 0.1) is 0 Å². The van der Waals surface area contributed by atoms with Crippen molar-refractivity contribution in [2.75, 3.05) is 6.54 Å². The number of carbonyl (C=O) groups is 1. The number of rotatable bonds is 4. The largest absolute Gasteiger partial charge is 0.377 e. The first-order valence-corrected chi connectivity index (χ1v) is 4.97. The lowest BCUT2D eigenvalue weighted by atomic mass is 10.4. The van der Waals surface area contributed by atoms with Gasteiger partial charge < -0.3 is 16.9 Å². The van der Waals surface area contributed by atoms with Crippen LogP contribution in [0.1, 0.15) is 20.3 Å². The molecule has 13 heavy (non-hydrogen) atoms. The first kappa shape index (κ1) is 12.1. The van der Waals surface area contributed by atoms with Gasteiger partial charge in [0.2, 0.25) is 5.91 Å². The lowest BCUT2D eigenvalue weighted by Crippen LogP contribution is -2.33. The fourth-order valence-electron chi connectivity index (χ4n) is 0.657. The van der Waals surface area contributed by atoms with E-state index in [2.05, 4.69) is 10.4 Å². The van der Waals surface area contributed by atoms with Crippen molar-refractivity contribution in [2.45, 2.75) is 25.5 Å². The van der Waals surface area contributed by atoms with Crippen LogP contribution in [0.3, 0.4) is 0 Å². The van der Waals surface area contributed by atoms with Crippen molar-refractivity contribution in [3.63, 3.8) is 0 Å². The van der Waals surface area contributed by atoms with Crippen LogP contribution in [-0.4, -0.2) is 22.9 Å². The summed E-state index contributed by atoms with van der Waals surface area (Å²) >= 11 is 1.15. The van der Waals surface area contributed by atoms with Gasteiger partial charge in [-0.2, -0.15) is 5.10 Å². The third kappa shape index (κ3) is 5.35. The molecule has 0 fully saturated rings. The molecule has 0 bridgehead atoms. The van der Waals surface area contributed by atoms with Crippen molar-refractivity contribution in [2.24, 2.45) is 16.7 Å². The van der Waals surface area contributed by atoms with Crippen molar-refractivity contribution < 1.29 is 4.79 Å². The SMILES string of the molecule is CCCNC(=O)C(C)SC(N)=NN. The van der Waals surface area contributed by atoms with Crippen LogP contribution >= 0.6 is 11.8 Å². The first-order chi connectivity index (χ1) is 6.11. The van der Waals surface area contributed by atoms with Crippen molar-refractivity contribution in [1.29, 1.82) is 0 Å². The summed E-state index contributed by atoms with van der Waals surface area (Å²) in [6.07, 6.45) is 0.920. The van der Waals surface area contributed by atoms with Gasteiger partial charge in [0.1, 0.15) is 0 Å². The maximum Gasteiger partial charge on any atom is 0.233 e. The van der Waals surface area contributed by atoms with Gasteiger partial charge in [0, 0.05) is 6.54 Å². The fraction of sp³-hybridized carbons (Fsp3) is 0.714. The highest BCUT2D eigenvalue weighted by Gasteiger charge is 2.13. The molecule has 0 aromatic heterocycles. The average Bonchev–Trinajstić information content (AvgIpc) is 2.13. The van der Waals surface area contributed by atoms with Crippen LogP contribution in [0.15, 0.2) is 5.10 Å². The molecule has 1 unspecified atom stereocenters. The number of amidine groups is 1. The van der Waals surface area contributed by atoms with Crippen molar-refractivity contribution >= 4 is 22.8 Å². The standard InChI is InChI=1S/C7H16N4OS/c1-3-4-10-6(12)5(2)13-7(8)11-9/h5H,3-4,9H2,1-2H3,(H2,8,11)(H,10,12). The van der Waals surface area contributed by atoms with E-state index < -0.39 is 0 Å². The normalized spacial score (nSPS) is 13.8. The molecular weight excluding hydrogens is 188 g/mol. The average molecular weight is 204 g/mol. The van der Waals surface area contributed by atoms with Gasteiger partial charge >= 0.3 is 0 Å². The topological polar surface area (TPSA) is 93.5 Å². The van der Waals surface area contributed by atoms with E-state index in [0.717, 1.165) is 18.2 Å². The Balaban J connectivity index is 3.82. The van der Waals surface area contributed by atoms with E-state index in [1.165, 1.54) is 0 Å². The molecule has 1 amide bonds. The van der Waals surface area contributed by atoms with Gasteiger partial charge in [-0.15, -0.1) is 0 Å². The van der Waals surface area contributed by atoms with Gasteiger partial charge in [0.05, 0.1) is 5.25 Å². The molecule has 76 valence electrons. The highest BCUT2D eigenvalue weighted by Crippen LogP contribution is 2.09. The van der Waals surface area contributed by atoms with Gasteiger partial charge in [-0.05, 0) is 13.3 Å². The smallest absolute Gasteiger partial charge is 0.233 e. The van der Waals surface area contributed by atoms with Crippen LogP contribution in [0.4, 0.5) is 0 Å². The number of nitrogens with zero attached hydrogens (tertiary/aromatic N) is 1. The second-order valence-electron chi connectivity index (χ2n) is 2.52. The third-order valence-electron chi connectivity index (χ3n) is 1.34. The Morgan fingerprint density at radius 1 is 1.69 bits per heavy atom. The van der Waals surface area contributed by atoms with Gasteiger partial charge in [-0.3, -0.25) is 4.79 Å². The van der Waals surface area contributed by atoms with Gasteiger partial charge in [0.25, 0.3) is 0 Å². The molecule has 0 rings (SSSR count). The second kappa shape index (κ2) is 6.59. The molecule has 0 saturated carbocycles. The van der Waals surface area contributed by atoms with E-state index in [1.54, 1.807) is 6.92 Å². The Morgan fingerprint density at radius 2 is 2.31 bits per heavy atom. The first-order valence-electron chi connectivity index (χ1n) is 4.09. The minimum absolute atomic E-state index is 0.0431. The zero-order valence-corrected chi connectivity index (χ0v) is 8.73. The molecule has 0 spiro atoms. The second-order valence-corrected chi connectivity index (χ2v) is 3.88. The number of hydrazone groups is 1. The Morgan fingerprint density at radius 3 is 2.77 bits per heavy atom. The van der Waals surface area contributed by atoms with Gasteiger partial charge in [-0.1, -0.05) is 18.7 Å². The fourth-order valence-corrected chi connectivity index (χ4v) is 1.27. The Bertz CT molecular complexity index is 195. The van der Waals surface area contributed by atoms with Crippen molar-refractivity contribution in [3.05, 3.63) is 0 Å². The molecule has 6 heteroatoms. The summed E-state index contributed by atoms with van der Waals surface area (Å²) < 4.78 is 0. The van der Waals surface area contributed by atoms with Crippen LogP contribution in [0.5, 0.6) is 0 Å². The van der Waals surface area contributed by atoms with Gasteiger partial charge in [0.15, 0.2) is 5.17 Å². The zero-order chi connectivity index (χ0) is 10.3. The predicted octanol–water partition coefficient (Wildman–Crippen LogP) is -0.177. The zero-order valence-electron chi connectivity index (χ0n) is 7.91. The molecule has 0 heterocycles. The van der Waals surface area contributed by atoms with Crippen molar-refractivity contribution in [3.8, 4) is 0 Å². The molecule has 5 N–H and O–H groups in total. The monoisotopic (exact) mass is 204 g/mol. The summed E-state index contributed by atoms with van der Waals surface area (Å²) in [5, 5.41) is 5.99. The minimum atomic E-state index is -0.251. The number of carbonyl (C=O) groups excluding carboxylic acids is 1. The number of amides is 1.